The molecule has 25 heavy (non-hydrogen) atoms. The minimum Gasteiger partial charge on any atom is -0.399 e. The van der Waals surface area contributed by atoms with E-state index in [1.165, 1.54) is 0 Å². The summed E-state index contributed by atoms with van der Waals surface area (Å²) in [5.41, 5.74) is 9.77. The number of carbonyl (C=O) groups is 1. The second-order valence-electron chi connectivity index (χ2n) is 5.47. The highest BCUT2D eigenvalue weighted by Crippen LogP contribution is 2.19. The van der Waals surface area contributed by atoms with Crippen molar-refractivity contribution in [3.05, 3.63) is 84.4 Å². The van der Waals surface area contributed by atoms with E-state index in [-0.39, 0.29) is 11.0 Å². The first-order valence-corrected chi connectivity index (χ1v) is 8.16. The Hall–Kier alpha value is -3.18. The molecule has 0 atom stereocenters. The van der Waals surface area contributed by atoms with Crippen molar-refractivity contribution in [2.45, 2.75) is 0 Å². The van der Waals surface area contributed by atoms with Gasteiger partial charge in [0, 0.05) is 16.9 Å². The number of nitrogen functional groups attached to an aromatic ring is 1. The third-order valence-corrected chi connectivity index (χ3v) is 3.85. The minimum absolute atomic E-state index is 0.238. The Morgan fingerprint density at radius 1 is 0.800 bits per heavy atom. The van der Waals surface area contributed by atoms with Crippen LogP contribution in [0.15, 0.2) is 78.9 Å². The Bertz CT molecular complexity index is 875. The van der Waals surface area contributed by atoms with Crippen molar-refractivity contribution < 1.29 is 4.79 Å². The normalized spacial score (nSPS) is 10.1. The number of thiocarbonyl (C=S) groups is 1. The molecule has 0 radical (unpaired) electrons. The summed E-state index contributed by atoms with van der Waals surface area (Å²) in [7, 11) is 0. The fraction of sp³-hybridized carbons (Fsp3) is 0. The van der Waals surface area contributed by atoms with Crippen LogP contribution in [0.3, 0.4) is 0 Å². The lowest BCUT2D eigenvalue weighted by Gasteiger charge is -2.10. The first kappa shape index (κ1) is 16.7. The van der Waals surface area contributed by atoms with E-state index in [0.29, 0.717) is 11.3 Å². The van der Waals surface area contributed by atoms with Gasteiger partial charge in [-0.05, 0) is 59.7 Å². The van der Waals surface area contributed by atoms with Crippen LogP contribution in [-0.2, 0) is 0 Å². The van der Waals surface area contributed by atoms with Gasteiger partial charge in [0.2, 0.25) is 0 Å². The third-order valence-electron chi connectivity index (χ3n) is 3.65. The number of rotatable bonds is 3. The number of carbonyl (C=O) groups excluding carboxylic acids is 1. The van der Waals surface area contributed by atoms with E-state index < -0.39 is 0 Å². The maximum absolute atomic E-state index is 12.3. The van der Waals surface area contributed by atoms with Gasteiger partial charge in [0.15, 0.2) is 5.11 Å². The molecule has 0 aliphatic rings. The first-order valence-electron chi connectivity index (χ1n) is 7.75. The van der Waals surface area contributed by atoms with Crippen molar-refractivity contribution in [1.29, 1.82) is 0 Å². The molecule has 0 saturated heterocycles. The van der Waals surface area contributed by atoms with Crippen molar-refractivity contribution in [3.63, 3.8) is 0 Å². The summed E-state index contributed by atoms with van der Waals surface area (Å²) >= 11 is 5.17. The highest BCUT2D eigenvalue weighted by Gasteiger charge is 2.08. The summed E-state index contributed by atoms with van der Waals surface area (Å²) in [5, 5.41) is 5.86. The number of nitrogens with two attached hydrogens (primary N) is 1. The highest BCUT2D eigenvalue weighted by atomic mass is 32.1. The molecule has 0 aliphatic carbocycles. The molecule has 0 aliphatic heterocycles. The monoisotopic (exact) mass is 347 g/mol. The molecule has 4 nitrogen and oxygen atoms in total. The number of benzene rings is 3. The van der Waals surface area contributed by atoms with Crippen LogP contribution >= 0.6 is 12.2 Å². The molecule has 0 unspecified atom stereocenters. The molecule has 1 amide bonds. The average Bonchev–Trinajstić information content (AvgIpc) is 2.64. The summed E-state index contributed by atoms with van der Waals surface area (Å²) in [6, 6.07) is 24.5. The van der Waals surface area contributed by atoms with Gasteiger partial charge in [0.25, 0.3) is 5.91 Å². The van der Waals surface area contributed by atoms with Gasteiger partial charge in [0.1, 0.15) is 0 Å². The van der Waals surface area contributed by atoms with E-state index >= 15 is 0 Å². The fourth-order valence-corrected chi connectivity index (χ4v) is 2.56. The van der Waals surface area contributed by atoms with Gasteiger partial charge in [0.05, 0.1) is 0 Å². The molecule has 0 aromatic heterocycles. The number of nitrogens with one attached hydrogen (secondary N) is 2. The van der Waals surface area contributed by atoms with Crippen molar-refractivity contribution in [3.8, 4) is 11.1 Å². The van der Waals surface area contributed by atoms with Crippen molar-refractivity contribution >= 4 is 34.6 Å². The quantitative estimate of drug-likeness (QED) is 0.494. The molecule has 3 rings (SSSR count). The number of amides is 1. The molecular weight excluding hydrogens is 330 g/mol. The Balaban J connectivity index is 1.63. The molecule has 5 heteroatoms. The topological polar surface area (TPSA) is 67.2 Å². The molecule has 3 aromatic rings. The zero-order valence-electron chi connectivity index (χ0n) is 13.4. The Morgan fingerprint density at radius 2 is 1.40 bits per heavy atom. The second-order valence-corrected chi connectivity index (χ2v) is 5.88. The summed E-state index contributed by atoms with van der Waals surface area (Å²) in [5.74, 6) is -0.257. The molecule has 0 heterocycles. The van der Waals surface area contributed by atoms with Gasteiger partial charge in [-0.1, -0.05) is 42.5 Å². The number of hydrogen-bond acceptors (Lipinski definition) is 3. The van der Waals surface area contributed by atoms with Crippen molar-refractivity contribution in [2.24, 2.45) is 0 Å². The van der Waals surface area contributed by atoms with Gasteiger partial charge >= 0.3 is 0 Å². The van der Waals surface area contributed by atoms with Crippen LogP contribution in [0, 0.1) is 0 Å². The molecule has 0 spiro atoms. The van der Waals surface area contributed by atoms with E-state index in [2.05, 4.69) is 10.6 Å². The maximum Gasteiger partial charge on any atom is 0.257 e. The van der Waals surface area contributed by atoms with Gasteiger partial charge in [-0.2, -0.15) is 0 Å². The van der Waals surface area contributed by atoms with Crippen LogP contribution in [0.2, 0.25) is 0 Å². The van der Waals surface area contributed by atoms with E-state index in [1.54, 1.807) is 36.4 Å². The summed E-state index contributed by atoms with van der Waals surface area (Å²) < 4.78 is 0. The summed E-state index contributed by atoms with van der Waals surface area (Å²) in [6.07, 6.45) is 0. The Kier molecular flexibility index (Phi) is 5.06. The third kappa shape index (κ3) is 4.43. The molecule has 124 valence electrons. The lowest BCUT2D eigenvalue weighted by molar-refractivity contribution is 0.0978. The minimum atomic E-state index is -0.257. The van der Waals surface area contributed by atoms with Gasteiger partial charge in [-0.15, -0.1) is 0 Å². The van der Waals surface area contributed by atoms with E-state index in [0.717, 1.165) is 16.8 Å². The predicted molar refractivity (Wildman–Crippen MR) is 106 cm³/mol. The molecule has 0 bridgehead atoms. The summed E-state index contributed by atoms with van der Waals surface area (Å²) in [6.45, 7) is 0. The Morgan fingerprint density at radius 3 is 2.04 bits per heavy atom. The lowest BCUT2D eigenvalue weighted by Crippen LogP contribution is -2.34. The lowest BCUT2D eigenvalue weighted by atomic mass is 10.0. The largest absolute Gasteiger partial charge is 0.399 e. The molecule has 3 aromatic carbocycles. The van der Waals surface area contributed by atoms with Crippen LogP contribution < -0.4 is 16.4 Å². The van der Waals surface area contributed by atoms with E-state index in [9.17, 15) is 4.79 Å². The number of hydrogen-bond donors (Lipinski definition) is 3. The standard InChI is InChI=1S/C20H17N3OS/c21-17-10-12-18(13-11-17)22-20(25)23-19(24)16-8-6-15(7-9-16)14-4-2-1-3-5-14/h1-13H,21H2,(H2,22,23,24,25). The van der Waals surface area contributed by atoms with E-state index in [1.807, 2.05) is 42.5 Å². The highest BCUT2D eigenvalue weighted by molar-refractivity contribution is 7.80. The maximum atomic E-state index is 12.3. The van der Waals surface area contributed by atoms with E-state index in [4.69, 9.17) is 18.0 Å². The van der Waals surface area contributed by atoms with Gasteiger partial charge in [-0.25, -0.2) is 0 Å². The number of anilines is 2. The SMILES string of the molecule is Nc1ccc(NC(=S)NC(=O)c2ccc(-c3ccccc3)cc2)cc1. The van der Waals surface area contributed by atoms with Gasteiger partial charge < -0.3 is 11.1 Å². The van der Waals surface area contributed by atoms with Crippen molar-refractivity contribution in [1.82, 2.24) is 5.32 Å². The van der Waals surface area contributed by atoms with Crippen molar-refractivity contribution in [2.75, 3.05) is 11.1 Å². The molecule has 0 fully saturated rings. The second kappa shape index (κ2) is 7.59. The summed E-state index contributed by atoms with van der Waals surface area (Å²) in [4.78, 5) is 12.3. The zero-order valence-corrected chi connectivity index (χ0v) is 14.2. The fourth-order valence-electron chi connectivity index (χ4n) is 2.35. The molecule has 4 N–H and O–H groups in total. The Labute approximate surface area is 151 Å². The zero-order chi connectivity index (χ0) is 17.6. The first-order chi connectivity index (χ1) is 12.1. The molecule has 0 saturated carbocycles. The van der Waals surface area contributed by atoms with Crippen LogP contribution in [0.25, 0.3) is 11.1 Å². The smallest absolute Gasteiger partial charge is 0.257 e. The van der Waals surface area contributed by atoms with Crippen LogP contribution in [-0.4, -0.2) is 11.0 Å². The predicted octanol–water partition coefficient (Wildman–Crippen LogP) is 4.06. The average molecular weight is 347 g/mol. The van der Waals surface area contributed by atoms with Crippen LogP contribution in [0.5, 0.6) is 0 Å². The van der Waals surface area contributed by atoms with Crippen LogP contribution in [0.1, 0.15) is 10.4 Å². The molecular formula is C20H17N3OS. The van der Waals surface area contributed by atoms with Crippen LogP contribution in [0.4, 0.5) is 11.4 Å². The van der Waals surface area contributed by atoms with Gasteiger partial charge in [-0.3, -0.25) is 10.1 Å².